The number of para-hydroxylation sites is 2. The number of amides is 1. The Hall–Kier alpha value is -4.40. The van der Waals surface area contributed by atoms with Crippen molar-refractivity contribution < 1.29 is 18.0 Å². The standard InChI is InChI=1S/C25H18F3N5O/c26-25(27,28)16-9-6-10-17(13-16)30-24(34)20-21-23(32-19-12-5-4-11-18(19)31-21)33(22(20)29)14-15-7-2-1-3-8-15/h1-13H,14,29H2,(H,30,34). The first kappa shape index (κ1) is 21.4. The second kappa shape index (κ2) is 8.18. The highest BCUT2D eigenvalue weighted by atomic mass is 19.4. The van der Waals surface area contributed by atoms with E-state index in [0.717, 1.165) is 17.7 Å². The smallest absolute Gasteiger partial charge is 0.384 e. The van der Waals surface area contributed by atoms with Crippen LogP contribution in [-0.2, 0) is 12.7 Å². The summed E-state index contributed by atoms with van der Waals surface area (Å²) in [6.07, 6.45) is -4.53. The Balaban J connectivity index is 1.63. The molecule has 2 aromatic heterocycles. The summed E-state index contributed by atoms with van der Waals surface area (Å²) in [4.78, 5) is 22.6. The number of aromatic nitrogens is 3. The van der Waals surface area contributed by atoms with Gasteiger partial charge in [-0.15, -0.1) is 0 Å². The number of hydrogen-bond acceptors (Lipinski definition) is 4. The number of benzene rings is 3. The Morgan fingerprint density at radius 2 is 1.59 bits per heavy atom. The summed E-state index contributed by atoms with van der Waals surface area (Å²) in [6.45, 7) is 0.340. The van der Waals surface area contributed by atoms with Crippen molar-refractivity contribution in [3.63, 3.8) is 0 Å². The zero-order valence-corrected chi connectivity index (χ0v) is 17.7. The van der Waals surface area contributed by atoms with Crippen molar-refractivity contribution in [2.24, 2.45) is 0 Å². The maximum atomic E-state index is 13.3. The lowest BCUT2D eigenvalue weighted by Crippen LogP contribution is -2.15. The Morgan fingerprint density at radius 1 is 0.912 bits per heavy atom. The third-order valence-corrected chi connectivity index (χ3v) is 5.45. The van der Waals surface area contributed by atoms with Gasteiger partial charge in [0.15, 0.2) is 5.65 Å². The molecule has 0 saturated carbocycles. The van der Waals surface area contributed by atoms with E-state index >= 15 is 0 Å². The zero-order chi connectivity index (χ0) is 23.9. The van der Waals surface area contributed by atoms with Gasteiger partial charge in [0.05, 0.1) is 23.1 Å². The molecule has 0 aliphatic heterocycles. The number of hydrogen-bond donors (Lipinski definition) is 2. The molecule has 5 aromatic rings. The monoisotopic (exact) mass is 461 g/mol. The van der Waals surface area contributed by atoms with Crippen molar-refractivity contribution in [3.8, 4) is 0 Å². The molecule has 0 radical (unpaired) electrons. The Kier molecular flexibility index (Phi) is 5.16. The van der Waals surface area contributed by atoms with Crippen LogP contribution in [0.2, 0.25) is 0 Å². The first-order valence-electron chi connectivity index (χ1n) is 10.4. The zero-order valence-electron chi connectivity index (χ0n) is 17.7. The predicted octanol–water partition coefficient (Wildman–Crippen LogP) is 5.49. The van der Waals surface area contributed by atoms with Crippen molar-refractivity contribution in [3.05, 3.63) is 95.6 Å². The van der Waals surface area contributed by atoms with E-state index in [0.29, 0.717) is 23.2 Å². The second-order valence-electron chi connectivity index (χ2n) is 7.75. The Morgan fingerprint density at radius 3 is 2.29 bits per heavy atom. The van der Waals surface area contributed by atoms with Crippen LogP contribution in [0, 0.1) is 0 Å². The molecule has 0 aliphatic rings. The number of carbonyl (C=O) groups excluding carboxylic acids is 1. The van der Waals surface area contributed by atoms with Crippen molar-refractivity contribution >= 4 is 39.6 Å². The lowest BCUT2D eigenvalue weighted by molar-refractivity contribution is -0.137. The molecule has 34 heavy (non-hydrogen) atoms. The minimum atomic E-state index is -4.53. The van der Waals surface area contributed by atoms with Crippen LogP contribution in [0.1, 0.15) is 21.5 Å². The topological polar surface area (TPSA) is 85.8 Å². The number of carbonyl (C=O) groups is 1. The van der Waals surface area contributed by atoms with Gasteiger partial charge in [0, 0.05) is 5.69 Å². The summed E-state index contributed by atoms with van der Waals surface area (Å²) in [5.41, 5.74) is 8.43. The average molecular weight is 461 g/mol. The van der Waals surface area contributed by atoms with Crippen LogP contribution in [0.15, 0.2) is 78.9 Å². The van der Waals surface area contributed by atoms with Crippen LogP contribution in [0.4, 0.5) is 24.7 Å². The van der Waals surface area contributed by atoms with Crippen LogP contribution < -0.4 is 11.1 Å². The molecule has 2 heterocycles. The van der Waals surface area contributed by atoms with Gasteiger partial charge in [-0.1, -0.05) is 48.5 Å². The van der Waals surface area contributed by atoms with Crippen LogP contribution in [0.5, 0.6) is 0 Å². The van der Waals surface area contributed by atoms with Gasteiger partial charge in [-0.05, 0) is 35.9 Å². The summed E-state index contributed by atoms with van der Waals surface area (Å²) < 4.78 is 41.0. The molecule has 0 bridgehead atoms. The van der Waals surface area contributed by atoms with Gasteiger partial charge in [-0.25, -0.2) is 9.97 Å². The van der Waals surface area contributed by atoms with E-state index in [9.17, 15) is 18.0 Å². The minimum Gasteiger partial charge on any atom is -0.384 e. The van der Waals surface area contributed by atoms with E-state index < -0.39 is 17.6 Å². The van der Waals surface area contributed by atoms with E-state index in [4.69, 9.17) is 5.73 Å². The number of nitrogens with one attached hydrogen (secondary N) is 1. The van der Waals surface area contributed by atoms with Crippen molar-refractivity contribution in [2.45, 2.75) is 12.7 Å². The molecule has 9 heteroatoms. The van der Waals surface area contributed by atoms with Gasteiger partial charge in [-0.3, -0.25) is 4.79 Å². The van der Waals surface area contributed by atoms with E-state index in [1.807, 2.05) is 36.4 Å². The highest BCUT2D eigenvalue weighted by Crippen LogP contribution is 2.32. The summed E-state index contributed by atoms with van der Waals surface area (Å²) in [5.74, 6) is -0.545. The maximum absolute atomic E-state index is 13.3. The number of anilines is 2. The molecule has 3 aromatic carbocycles. The molecular formula is C25H18F3N5O. The second-order valence-corrected chi connectivity index (χ2v) is 7.75. The van der Waals surface area contributed by atoms with Gasteiger partial charge in [0.25, 0.3) is 5.91 Å². The van der Waals surface area contributed by atoms with Gasteiger partial charge in [-0.2, -0.15) is 13.2 Å². The maximum Gasteiger partial charge on any atom is 0.416 e. The van der Waals surface area contributed by atoms with Crippen molar-refractivity contribution in [2.75, 3.05) is 11.1 Å². The van der Waals surface area contributed by atoms with Crippen LogP contribution in [-0.4, -0.2) is 20.4 Å². The first-order valence-corrected chi connectivity index (χ1v) is 10.4. The van der Waals surface area contributed by atoms with Crippen molar-refractivity contribution in [1.82, 2.24) is 14.5 Å². The van der Waals surface area contributed by atoms with Crippen LogP contribution in [0.3, 0.4) is 0 Å². The Bertz CT molecular complexity index is 1530. The number of rotatable bonds is 4. The van der Waals surface area contributed by atoms with Gasteiger partial charge in [0.2, 0.25) is 0 Å². The number of nitrogen functional groups attached to an aromatic ring is 1. The molecule has 0 fully saturated rings. The number of halogens is 3. The van der Waals surface area contributed by atoms with E-state index in [2.05, 4.69) is 15.3 Å². The molecule has 0 saturated heterocycles. The largest absolute Gasteiger partial charge is 0.416 e. The third-order valence-electron chi connectivity index (χ3n) is 5.45. The van der Waals surface area contributed by atoms with E-state index in [1.54, 1.807) is 22.8 Å². The molecule has 0 aliphatic carbocycles. The number of fused-ring (bicyclic) bond motifs is 2. The van der Waals surface area contributed by atoms with Gasteiger partial charge in [0.1, 0.15) is 16.9 Å². The average Bonchev–Trinajstić information content (AvgIpc) is 3.08. The summed E-state index contributed by atoms with van der Waals surface area (Å²) in [6, 6.07) is 21.1. The molecule has 5 rings (SSSR count). The predicted molar refractivity (Wildman–Crippen MR) is 124 cm³/mol. The number of alkyl halides is 3. The molecular weight excluding hydrogens is 443 g/mol. The van der Waals surface area contributed by atoms with E-state index in [-0.39, 0.29) is 22.6 Å². The van der Waals surface area contributed by atoms with Crippen LogP contribution in [0.25, 0.3) is 22.2 Å². The molecule has 0 atom stereocenters. The van der Waals surface area contributed by atoms with Gasteiger partial charge < -0.3 is 15.6 Å². The summed E-state index contributed by atoms with van der Waals surface area (Å²) >= 11 is 0. The highest BCUT2D eigenvalue weighted by Gasteiger charge is 2.31. The third kappa shape index (κ3) is 3.92. The molecule has 1 amide bonds. The number of nitrogens with zero attached hydrogens (tertiary/aromatic N) is 3. The van der Waals surface area contributed by atoms with Gasteiger partial charge >= 0.3 is 6.18 Å². The minimum absolute atomic E-state index is 0.00284. The molecule has 0 spiro atoms. The summed E-state index contributed by atoms with van der Waals surface area (Å²) in [7, 11) is 0. The first-order chi connectivity index (χ1) is 16.3. The fourth-order valence-corrected chi connectivity index (χ4v) is 3.83. The lowest BCUT2D eigenvalue weighted by atomic mass is 10.2. The molecule has 170 valence electrons. The van der Waals surface area contributed by atoms with E-state index in [1.165, 1.54) is 12.1 Å². The quantitative estimate of drug-likeness (QED) is 0.371. The normalized spacial score (nSPS) is 11.7. The summed E-state index contributed by atoms with van der Waals surface area (Å²) in [5, 5.41) is 2.53. The molecule has 0 unspecified atom stereocenters. The SMILES string of the molecule is Nc1c(C(=O)Nc2cccc(C(F)(F)F)c2)c2nc3ccccc3nc2n1Cc1ccccc1. The molecule has 3 N–H and O–H groups in total. The molecule has 6 nitrogen and oxygen atoms in total. The lowest BCUT2D eigenvalue weighted by Gasteiger charge is -2.10. The number of nitrogens with two attached hydrogens (primary N) is 1. The van der Waals surface area contributed by atoms with Crippen LogP contribution >= 0.6 is 0 Å². The van der Waals surface area contributed by atoms with Crippen molar-refractivity contribution in [1.29, 1.82) is 0 Å². The fraction of sp³-hybridized carbons (Fsp3) is 0.0800. The Labute approximate surface area is 191 Å². The fourth-order valence-electron chi connectivity index (χ4n) is 3.83. The highest BCUT2D eigenvalue weighted by molar-refractivity contribution is 6.16.